The van der Waals surface area contributed by atoms with Crippen molar-refractivity contribution in [1.82, 2.24) is 19.6 Å². The van der Waals surface area contributed by atoms with E-state index in [1.165, 1.54) is 36.1 Å². The summed E-state index contributed by atoms with van der Waals surface area (Å²) in [6, 6.07) is 20.7. The zero-order chi connectivity index (χ0) is 43.6. The minimum Gasteiger partial charge on any atom is -0.455 e. The molecule has 330 valence electrons. The summed E-state index contributed by atoms with van der Waals surface area (Å²) in [5, 5.41) is 16.8. The first-order valence-corrected chi connectivity index (χ1v) is 23.7. The van der Waals surface area contributed by atoms with Crippen LogP contribution in [0.4, 0.5) is 17.1 Å². The predicted molar refractivity (Wildman–Crippen MR) is 244 cm³/mol. The number of likely N-dealkylation sites (tertiary alicyclic amines) is 1. The van der Waals surface area contributed by atoms with Gasteiger partial charge in [0.05, 0.1) is 21.6 Å². The van der Waals surface area contributed by atoms with Crippen LogP contribution < -0.4 is 19.7 Å². The number of pyridine rings is 1. The zero-order valence-corrected chi connectivity index (χ0v) is 36.7. The molecule has 3 N–H and O–H groups in total. The highest BCUT2D eigenvalue weighted by Crippen LogP contribution is 2.44. The Morgan fingerprint density at radius 1 is 0.984 bits per heavy atom. The van der Waals surface area contributed by atoms with Gasteiger partial charge in [-0.15, -0.1) is 0 Å². The van der Waals surface area contributed by atoms with E-state index in [0.717, 1.165) is 99.8 Å². The quantitative estimate of drug-likeness (QED) is 0.0760. The van der Waals surface area contributed by atoms with E-state index in [0.29, 0.717) is 31.2 Å². The number of ether oxygens (including phenoxy) is 2. The monoisotopic (exact) mass is 893 g/mol. The van der Waals surface area contributed by atoms with Crippen molar-refractivity contribution in [3.05, 3.63) is 117 Å². The first kappa shape index (κ1) is 42.8. The first-order chi connectivity index (χ1) is 30.5. The number of aromatic amines is 1. The minimum atomic E-state index is -4.55. The van der Waals surface area contributed by atoms with Crippen LogP contribution in [-0.2, 0) is 14.8 Å². The number of amides is 1. The largest absolute Gasteiger partial charge is 0.455 e. The number of carbonyl (C=O) groups is 1. The first-order valence-electron chi connectivity index (χ1n) is 21.9. The highest BCUT2D eigenvalue weighted by Gasteiger charge is 2.41. The molecule has 4 aliphatic rings. The van der Waals surface area contributed by atoms with Crippen molar-refractivity contribution in [3.8, 4) is 11.5 Å². The fraction of sp³-hybridized carbons (Fsp3) is 0.404. The number of sulfonamides is 1. The van der Waals surface area contributed by atoms with Gasteiger partial charge in [-0.2, -0.15) is 0 Å². The van der Waals surface area contributed by atoms with Crippen LogP contribution in [0.2, 0.25) is 5.02 Å². The number of nitrogens with one attached hydrogen (secondary N) is 3. The third kappa shape index (κ3) is 9.71. The fourth-order valence-corrected chi connectivity index (χ4v) is 10.8. The molecule has 3 aromatic carbocycles. The molecule has 3 saturated heterocycles. The van der Waals surface area contributed by atoms with E-state index in [9.17, 15) is 23.3 Å². The van der Waals surface area contributed by atoms with Crippen LogP contribution in [0.1, 0.15) is 73.7 Å². The SMILES string of the molecule is O=C(NS(=O)(=O)c1ccc(NCC2CCOCC2)c([N+](=O)[O-])c1)c1ccc(N2CCC3(CCN(CC4=C(c5ccc(Cl)cc5)CCCC4)C3)CC2)cc1Oc1cnc2[nH]ccc2c1. The van der Waals surface area contributed by atoms with Crippen molar-refractivity contribution < 1.29 is 27.6 Å². The van der Waals surface area contributed by atoms with Gasteiger partial charge >= 0.3 is 0 Å². The number of allylic oxidation sites excluding steroid dienone is 1. The molecule has 0 bridgehead atoms. The number of halogens is 1. The van der Waals surface area contributed by atoms with Crippen molar-refractivity contribution in [2.24, 2.45) is 11.3 Å². The molecule has 1 spiro atoms. The summed E-state index contributed by atoms with van der Waals surface area (Å²) in [4.78, 5) is 37.4. The molecule has 1 aliphatic carbocycles. The molecule has 5 aromatic rings. The van der Waals surface area contributed by atoms with Crippen molar-refractivity contribution >= 4 is 61.2 Å². The topological polar surface area (TPSA) is 172 Å². The van der Waals surface area contributed by atoms with Gasteiger partial charge in [0.15, 0.2) is 0 Å². The molecule has 16 heteroatoms. The molecular formula is C47H52ClN7O7S. The van der Waals surface area contributed by atoms with E-state index >= 15 is 0 Å². The summed E-state index contributed by atoms with van der Waals surface area (Å²) < 4.78 is 41.3. The number of benzene rings is 3. The number of hydrogen-bond acceptors (Lipinski definition) is 11. The average Bonchev–Trinajstić information content (AvgIpc) is 3.93. The van der Waals surface area contributed by atoms with E-state index in [-0.39, 0.29) is 28.3 Å². The molecule has 3 aliphatic heterocycles. The van der Waals surface area contributed by atoms with Crippen LogP contribution in [0, 0.1) is 21.4 Å². The highest BCUT2D eigenvalue weighted by molar-refractivity contribution is 7.90. The third-order valence-corrected chi connectivity index (χ3v) is 14.9. The van der Waals surface area contributed by atoms with Gasteiger partial charge in [-0.1, -0.05) is 29.3 Å². The molecular weight excluding hydrogens is 842 g/mol. The smallest absolute Gasteiger partial charge is 0.293 e. The maximum absolute atomic E-state index is 14.0. The zero-order valence-electron chi connectivity index (χ0n) is 35.1. The summed E-state index contributed by atoms with van der Waals surface area (Å²) in [7, 11) is -4.55. The van der Waals surface area contributed by atoms with Gasteiger partial charge in [0, 0.05) is 80.4 Å². The second-order valence-corrected chi connectivity index (χ2v) is 19.5. The Labute approximate surface area is 372 Å². The molecule has 63 heavy (non-hydrogen) atoms. The van der Waals surface area contributed by atoms with Gasteiger partial charge < -0.3 is 24.7 Å². The van der Waals surface area contributed by atoms with Gasteiger partial charge in [-0.3, -0.25) is 19.8 Å². The van der Waals surface area contributed by atoms with Crippen molar-refractivity contribution in [3.63, 3.8) is 0 Å². The van der Waals surface area contributed by atoms with Crippen molar-refractivity contribution in [2.75, 3.05) is 62.7 Å². The van der Waals surface area contributed by atoms with Crippen molar-refractivity contribution in [2.45, 2.75) is 62.7 Å². The maximum Gasteiger partial charge on any atom is 0.293 e. The molecule has 0 unspecified atom stereocenters. The van der Waals surface area contributed by atoms with E-state index in [2.05, 4.69) is 41.9 Å². The molecule has 14 nitrogen and oxygen atoms in total. The fourth-order valence-electron chi connectivity index (χ4n) is 9.72. The summed E-state index contributed by atoms with van der Waals surface area (Å²) in [5.41, 5.74) is 5.86. The Morgan fingerprint density at radius 2 is 1.76 bits per heavy atom. The minimum absolute atomic E-state index is 0.0179. The average molecular weight is 894 g/mol. The number of carbonyl (C=O) groups excluding carboxylic acids is 1. The van der Waals surface area contributed by atoms with Crippen LogP contribution in [0.5, 0.6) is 11.5 Å². The van der Waals surface area contributed by atoms with Crippen LogP contribution in [0.25, 0.3) is 16.6 Å². The van der Waals surface area contributed by atoms with Gasteiger partial charge in [0.2, 0.25) is 0 Å². The Hall–Kier alpha value is -5.48. The molecule has 0 saturated carbocycles. The van der Waals surface area contributed by atoms with Gasteiger partial charge in [0.1, 0.15) is 22.8 Å². The van der Waals surface area contributed by atoms with Crippen LogP contribution in [0.15, 0.2) is 95.7 Å². The number of fused-ring (bicyclic) bond motifs is 1. The number of nitro benzene ring substituents is 1. The van der Waals surface area contributed by atoms with Crippen molar-refractivity contribution in [1.29, 1.82) is 0 Å². The second-order valence-electron chi connectivity index (χ2n) is 17.4. The molecule has 3 fully saturated rings. The lowest BCUT2D eigenvalue weighted by molar-refractivity contribution is -0.384. The summed E-state index contributed by atoms with van der Waals surface area (Å²) in [5.74, 6) is -0.140. The molecule has 0 atom stereocenters. The van der Waals surface area contributed by atoms with E-state index in [1.807, 2.05) is 24.3 Å². The van der Waals surface area contributed by atoms with E-state index in [4.69, 9.17) is 21.1 Å². The second kappa shape index (κ2) is 18.3. The molecule has 0 radical (unpaired) electrons. The van der Waals surface area contributed by atoms with Crippen LogP contribution >= 0.6 is 11.6 Å². The molecule has 2 aromatic heterocycles. The van der Waals surface area contributed by atoms with E-state index in [1.54, 1.807) is 36.2 Å². The van der Waals surface area contributed by atoms with Gasteiger partial charge in [-0.05, 0) is 135 Å². The Bertz CT molecular complexity index is 2640. The summed E-state index contributed by atoms with van der Waals surface area (Å²) in [6.45, 7) is 6.53. The Kier molecular flexibility index (Phi) is 12.4. The maximum atomic E-state index is 14.0. The standard InChI is InChI=1S/C47H52ClN7O7S/c48-36-7-5-33(6-8-36)40-4-2-1-3-35(40)30-53-20-16-47(31-53)17-21-54(22-18-47)37-9-11-41(44(26-37)62-38-25-34-13-19-49-45(34)51-29-38)46(56)52-63(59,60)39-10-12-42(43(27-39)55(57)58)50-28-32-14-23-61-24-15-32/h5-13,19,25-27,29,32,50H,1-4,14-18,20-24,28,30-31H2,(H,49,51)(H,52,56). The van der Waals surface area contributed by atoms with Gasteiger partial charge in [0.25, 0.3) is 21.6 Å². The lowest BCUT2D eigenvalue weighted by Crippen LogP contribution is -2.42. The number of hydrogen-bond donors (Lipinski definition) is 3. The molecule has 9 rings (SSSR count). The van der Waals surface area contributed by atoms with E-state index < -0.39 is 31.4 Å². The van der Waals surface area contributed by atoms with Gasteiger partial charge in [-0.25, -0.2) is 18.1 Å². The number of anilines is 2. The number of rotatable bonds is 13. The highest BCUT2D eigenvalue weighted by atomic mass is 35.5. The summed E-state index contributed by atoms with van der Waals surface area (Å²) >= 11 is 6.22. The lowest BCUT2D eigenvalue weighted by Gasteiger charge is -2.40. The Balaban J connectivity index is 0.906. The third-order valence-electron chi connectivity index (χ3n) is 13.3. The van der Waals surface area contributed by atoms with Crippen LogP contribution in [0.3, 0.4) is 0 Å². The number of H-pyrrole nitrogens is 1. The molecule has 1 amide bonds. The molecule has 5 heterocycles. The Morgan fingerprint density at radius 3 is 2.56 bits per heavy atom. The number of aromatic nitrogens is 2. The number of piperidine rings is 1. The normalized spacial score (nSPS) is 18.5. The lowest BCUT2D eigenvalue weighted by atomic mass is 9.77. The summed E-state index contributed by atoms with van der Waals surface area (Å²) in [6.07, 6.45) is 12.9. The predicted octanol–water partition coefficient (Wildman–Crippen LogP) is 9.19. The number of nitro groups is 1. The van der Waals surface area contributed by atoms with Crippen LogP contribution in [-0.4, -0.2) is 86.6 Å². The number of nitrogens with zero attached hydrogens (tertiary/aromatic N) is 4.